The van der Waals surface area contributed by atoms with Crippen molar-refractivity contribution >= 4 is 5.97 Å². The third kappa shape index (κ3) is 3.55. The van der Waals surface area contributed by atoms with E-state index < -0.39 is 0 Å². The number of methoxy groups -OCH3 is 1. The van der Waals surface area contributed by atoms with Gasteiger partial charge in [0, 0.05) is 13.1 Å². The van der Waals surface area contributed by atoms with Crippen LogP contribution in [0.5, 0.6) is 0 Å². The molecule has 2 rings (SSSR count). The molecule has 0 saturated carbocycles. The van der Waals surface area contributed by atoms with Gasteiger partial charge in [0.05, 0.1) is 18.8 Å². The summed E-state index contributed by atoms with van der Waals surface area (Å²) in [6.45, 7) is 4.69. The Morgan fingerprint density at radius 2 is 2.16 bits per heavy atom. The summed E-state index contributed by atoms with van der Waals surface area (Å²) in [5.74, 6) is 0.0798. The van der Waals surface area contributed by atoms with Crippen molar-refractivity contribution in [1.29, 1.82) is 0 Å². The minimum Gasteiger partial charge on any atom is -0.465 e. The molecule has 104 valence electrons. The molecule has 0 amide bonds. The largest absolute Gasteiger partial charge is 0.465 e. The molecule has 1 saturated heterocycles. The average molecular weight is 263 g/mol. The quantitative estimate of drug-likeness (QED) is 0.840. The van der Waals surface area contributed by atoms with Crippen LogP contribution in [-0.2, 0) is 11.3 Å². The summed E-state index contributed by atoms with van der Waals surface area (Å²) in [4.78, 5) is 13.7. The highest BCUT2D eigenvalue weighted by molar-refractivity contribution is 5.89. The molecular weight excluding hydrogens is 242 g/mol. The number of likely N-dealkylation sites (tertiary alicyclic amines) is 1. The second-order valence-corrected chi connectivity index (χ2v) is 5.21. The molecule has 1 fully saturated rings. The van der Waals surface area contributed by atoms with Gasteiger partial charge in [-0.3, -0.25) is 4.90 Å². The topological polar surface area (TPSA) is 49.8 Å². The van der Waals surface area contributed by atoms with Crippen LogP contribution in [0.4, 0.5) is 0 Å². The van der Waals surface area contributed by atoms with E-state index in [0.717, 1.165) is 26.1 Å². The lowest BCUT2D eigenvalue weighted by Crippen LogP contribution is -2.23. The van der Waals surface area contributed by atoms with E-state index in [9.17, 15) is 9.90 Å². The normalized spacial score (nSPS) is 21.3. The summed E-state index contributed by atoms with van der Waals surface area (Å²) in [6.07, 6.45) is 0.824. The van der Waals surface area contributed by atoms with E-state index in [-0.39, 0.29) is 12.1 Å². The Labute approximate surface area is 114 Å². The van der Waals surface area contributed by atoms with E-state index in [2.05, 4.69) is 9.64 Å². The van der Waals surface area contributed by atoms with Crippen molar-refractivity contribution in [2.45, 2.75) is 26.0 Å². The zero-order valence-electron chi connectivity index (χ0n) is 11.5. The van der Waals surface area contributed by atoms with Gasteiger partial charge >= 0.3 is 5.97 Å². The van der Waals surface area contributed by atoms with Crippen LogP contribution < -0.4 is 0 Å². The van der Waals surface area contributed by atoms with E-state index in [1.165, 1.54) is 12.7 Å². The molecule has 19 heavy (non-hydrogen) atoms. The summed E-state index contributed by atoms with van der Waals surface area (Å²) in [7, 11) is 1.39. The summed E-state index contributed by atoms with van der Waals surface area (Å²) >= 11 is 0. The number of aliphatic hydroxyl groups excluding tert-OH is 1. The molecule has 1 aliphatic heterocycles. The molecule has 1 aliphatic rings. The first-order chi connectivity index (χ1) is 9.10. The molecule has 0 aromatic heterocycles. The Morgan fingerprint density at radius 1 is 1.47 bits per heavy atom. The Hall–Kier alpha value is -1.39. The van der Waals surface area contributed by atoms with E-state index >= 15 is 0 Å². The second kappa shape index (κ2) is 6.17. The number of aliphatic hydroxyl groups is 1. The first-order valence-corrected chi connectivity index (χ1v) is 6.68. The number of rotatable bonds is 4. The van der Waals surface area contributed by atoms with Gasteiger partial charge in [-0.1, -0.05) is 12.1 Å². The minimum atomic E-state index is -0.304. The standard InChI is InChI=1S/C15H21NO3/c1-11(17)14-7-8-16(10-14)9-12-3-5-13(6-4-12)15(18)19-2/h3-6,11,14,17H,7-10H2,1-2H3. The van der Waals surface area contributed by atoms with Crippen molar-refractivity contribution in [1.82, 2.24) is 4.90 Å². The summed E-state index contributed by atoms with van der Waals surface area (Å²) in [5.41, 5.74) is 1.76. The molecule has 1 heterocycles. The predicted octanol–water partition coefficient (Wildman–Crippen LogP) is 1.68. The molecule has 1 aromatic carbocycles. The molecule has 1 aromatic rings. The van der Waals surface area contributed by atoms with Crippen LogP contribution in [0.2, 0.25) is 0 Å². The monoisotopic (exact) mass is 263 g/mol. The number of nitrogens with zero attached hydrogens (tertiary/aromatic N) is 1. The maximum atomic E-state index is 11.3. The molecule has 4 nitrogen and oxygen atoms in total. The lowest BCUT2D eigenvalue weighted by molar-refractivity contribution is 0.0600. The number of hydrogen-bond acceptors (Lipinski definition) is 4. The number of benzene rings is 1. The van der Waals surface area contributed by atoms with E-state index in [1.807, 2.05) is 19.1 Å². The fraction of sp³-hybridized carbons (Fsp3) is 0.533. The molecule has 0 radical (unpaired) electrons. The van der Waals surface area contributed by atoms with Gasteiger partial charge in [-0.15, -0.1) is 0 Å². The predicted molar refractivity (Wildman–Crippen MR) is 72.8 cm³/mol. The number of esters is 1. The Balaban J connectivity index is 1.92. The van der Waals surface area contributed by atoms with Crippen LogP contribution in [0, 0.1) is 5.92 Å². The van der Waals surface area contributed by atoms with E-state index in [1.54, 1.807) is 12.1 Å². The molecule has 4 heteroatoms. The lowest BCUT2D eigenvalue weighted by Gasteiger charge is -2.17. The highest BCUT2D eigenvalue weighted by Crippen LogP contribution is 2.21. The number of ether oxygens (including phenoxy) is 1. The van der Waals surface area contributed by atoms with Gasteiger partial charge in [0.25, 0.3) is 0 Å². The Kier molecular flexibility index (Phi) is 4.56. The Bertz CT molecular complexity index is 428. The van der Waals surface area contributed by atoms with E-state index in [0.29, 0.717) is 11.5 Å². The highest BCUT2D eigenvalue weighted by Gasteiger charge is 2.25. The van der Waals surface area contributed by atoms with Crippen LogP contribution in [-0.4, -0.2) is 42.3 Å². The number of carbonyl (C=O) groups is 1. The molecule has 0 spiro atoms. The third-order valence-corrected chi connectivity index (χ3v) is 3.77. The fourth-order valence-corrected chi connectivity index (χ4v) is 2.52. The zero-order chi connectivity index (χ0) is 13.8. The summed E-state index contributed by atoms with van der Waals surface area (Å²) in [5, 5.41) is 9.58. The van der Waals surface area contributed by atoms with Gasteiger partial charge in [-0.25, -0.2) is 4.79 Å². The Morgan fingerprint density at radius 3 is 2.68 bits per heavy atom. The molecule has 0 aliphatic carbocycles. The maximum Gasteiger partial charge on any atom is 0.337 e. The molecule has 1 N–H and O–H groups in total. The molecule has 0 bridgehead atoms. The van der Waals surface area contributed by atoms with Gasteiger partial charge in [0.2, 0.25) is 0 Å². The van der Waals surface area contributed by atoms with Crippen molar-refractivity contribution in [3.63, 3.8) is 0 Å². The lowest BCUT2D eigenvalue weighted by atomic mass is 10.0. The van der Waals surface area contributed by atoms with Crippen LogP contribution >= 0.6 is 0 Å². The molecule has 2 unspecified atom stereocenters. The van der Waals surface area contributed by atoms with Crippen molar-refractivity contribution in [2.24, 2.45) is 5.92 Å². The fourth-order valence-electron chi connectivity index (χ4n) is 2.52. The van der Waals surface area contributed by atoms with Crippen LogP contribution in [0.3, 0.4) is 0 Å². The maximum absolute atomic E-state index is 11.3. The third-order valence-electron chi connectivity index (χ3n) is 3.77. The van der Waals surface area contributed by atoms with Crippen LogP contribution in [0.25, 0.3) is 0 Å². The highest BCUT2D eigenvalue weighted by atomic mass is 16.5. The number of carbonyl (C=O) groups excluding carboxylic acids is 1. The first-order valence-electron chi connectivity index (χ1n) is 6.68. The number of hydrogen-bond donors (Lipinski definition) is 1. The van der Waals surface area contributed by atoms with Gasteiger partial charge in [0.15, 0.2) is 0 Å². The average Bonchev–Trinajstić information content (AvgIpc) is 2.87. The summed E-state index contributed by atoms with van der Waals surface area (Å²) < 4.78 is 4.67. The SMILES string of the molecule is COC(=O)c1ccc(CN2CCC(C(C)O)C2)cc1. The zero-order valence-corrected chi connectivity index (χ0v) is 11.5. The first kappa shape index (κ1) is 14.0. The van der Waals surface area contributed by atoms with Crippen molar-refractivity contribution in [3.05, 3.63) is 35.4 Å². The smallest absolute Gasteiger partial charge is 0.337 e. The van der Waals surface area contributed by atoms with Gasteiger partial charge < -0.3 is 9.84 Å². The van der Waals surface area contributed by atoms with Gasteiger partial charge in [-0.05, 0) is 43.5 Å². The van der Waals surface area contributed by atoms with Crippen LogP contribution in [0.15, 0.2) is 24.3 Å². The van der Waals surface area contributed by atoms with E-state index in [4.69, 9.17) is 0 Å². The van der Waals surface area contributed by atoms with Crippen molar-refractivity contribution in [2.75, 3.05) is 20.2 Å². The van der Waals surface area contributed by atoms with Gasteiger partial charge in [-0.2, -0.15) is 0 Å². The van der Waals surface area contributed by atoms with Gasteiger partial charge in [0.1, 0.15) is 0 Å². The summed E-state index contributed by atoms with van der Waals surface area (Å²) in [6, 6.07) is 7.51. The second-order valence-electron chi connectivity index (χ2n) is 5.21. The van der Waals surface area contributed by atoms with Crippen molar-refractivity contribution < 1.29 is 14.6 Å². The van der Waals surface area contributed by atoms with Crippen LogP contribution in [0.1, 0.15) is 29.3 Å². The minimum absolute atomic E-state index is 0.230. The molecular formula is C15H21NO3. The molecule has 2 atom stereocenters. The van der Waals surface area contributed by atoms with Crippen molar-refractivity contribution in [3.8, 4) is 0 Å².